The van der Waals surface area contributed by atoms with Crippen LogP contribution in [-0.4, -0.2) is 11.2 Å². The summed E-state index contributed by atoms with van der Waals surface area (Å²) in [5, 5.41) is 9.65. The topological polar surface area (TPSA) is 20.2 Å². The molecule has 0 saturated heterocycles. The highest BCUT2D eigenvalue weighted by Crippen LogP contribution is 2.07. The van der Waals surface area contributed by atoms with Gasteiger partial charge in [-0.25, -0.2) is 0 Å². The molecule has 0 aliphatic heterocycles. The molecule has 0 aromatic heterocycles. The van der Waals surface area contributed by atoms with Crippen molar-refractivity contribution in [2.45, 2.75) is 38.7 Å². The Hall–Kier alpha value is -1.08. The van der Waals surface area contributed by atoms with E-state index in [1.54, 1.807) is 0 Å². The van der Waals surface area contributed by atoms with E-state index >= 15 is 0 Å². The summed E-state index contributed by atoms with van der Waals surface area (Å²) in [6, 6.07) is 10.1. The van der Waals surface area contributed by atoms with Crippen molar-refractivity contribution >= 4 is 6.08 Å². The molecule has 1 nitrogen and oxygen atoms in total. The fourth-order valence-corrected chi connectivity index (χ4v) is 1.49. The van der Waals surface area contributed by atoms with Gasteiger partial charge >= 0.3 is 0 Å². The fourth-order valence-electron chi connectivity index (χ4n) is 1.49. The van der Waals surface area contributed by atoms with Crippen molar-refractivity contribution in [2.75, 3.05) is 0 Å². The van der Waals surface area contributed by atoms with Crippen LogP contribution in [0, 0.1) is 0 Å². The summed E-state index contributed by atoms with van der Waals surface area (Å²) in [5.74, 6) is 0. The number of aliphatic hydroxyl groups excluding tert-OH is 1. The highest BCUT2D eigenvalue weighted by atomic mass is 16.3. The Bertz CT molecular complexity index is 277. The lowest BCUT2D eigenvalue weighted by atomic mass is 10.1. The lowest BCUT2D eigenvalue weighted by Crippen LogP contribution is -2.00. The number of unbranched alkanes of at least 4 members (excludes halogenated alkanes) is 2. The van der Waals surface area contributed by atoms with Gasteiger partial charge < -0.3 is 5.11 Å². The normalized spacial score (nSPS) is 13.2. The predicted octanol–water partition coefficient (Wildman–Crippen LogP) is 3.64. The van der Waals surface area contributed by atoms with Gasteiger partial charge in [-0.05, 0) is 12.0 Å². The number of hydrogen-bond donors (Lipinski definition) is 1. The van der Waals surface area contributed by atoms with Gasteiger partial charge in [0.15, 0.2) is 0 Å². The van der Waals surface area contributed by atoms with Gasteiger partial charge in [0.25, 0.3) is 0 Å². The van der Waals surface area contributed by atoms with Gasteiger partial charge in [-0.1, -0.05) is 68.7 Å². The monoisotopic (exact) mass is 204 g/mol. The van der Waals surface area contributed by atoms with Crippen molar-refractivity contribution in [3.63, 3.8) is 0 Å². The molecule has 0 bridgehead atoms. The van der Waals surface area contributed by atoms with Crippen LogP contribution in [0.4, 0.5) is 0 Å². The number of aliphatic hydroxyl groups is 1. The average molecular weight is 204 g/mol. The van der Waals surface area contributed by atoms with Crippen LogP contribution in [0.3, 0.4) is 0 Å². The summed E-state index contributed by atoms with van der Waals surface area (Å²) in [4.78, 5) is 0. The smallest absolute Gasteiger partial charge is 0.0724 e. The first-order valence-corrected chi connectivity index (χ1v) is 5.74. The molecule has 0 heterocycles. The van der Waals surface area contributed by atoms with E-state index in [1.807, 2.05) is 42.5 Å². The van der Waals surface area contributed by atoms with Crippen molar-refractivity contribution in [3.8, 4) is 0 Å². The van der Waals surface area contributed by atoms with Crippen LogP contribution in [0.1, 0.15) is 38.2 Å². The summed E-state index contributed by atoms with van der Waals surface area (Å²) in [5.41, 5.74) is 1.15. The van der Waals surface area contributed by atoms with E-state index in [1.165, 1.54) is 12.8 Å². The first kappa shape index (κ1) is 12.0. The molecule has 0 spiro atoms. The summed E-state index contributed by atoms with van der Waals surface area (Å²) in [7, 11) is 0. The standard InChI is InChI=1S/C14H20O/c1-2-3-5-10-14(15)12-11-13-8-6-4-7-9-13/h4,6-9,11-12,14-15H,2-3,5,10H2,1H3. The van der Waals surface area contributed by atoms with Crippen molar-refractivity contribution in [3.05, 3.63) is 42.0 Å². The van der Waals surface area contributed by atoms with Gasteiger partial charge in [0, 0.05) is 0 Å². The minimum atomic E-state index is -0.295. The molecule has 0 saturated carbocycles. The third-order valence-corrected chi connectivity index (χ3v) is 2.41. The van der Waals surface area contributed by atoms with Crippen LogP contribution >= 0.6 is 0 Å². The molecule has 82 valence electrons. The number of rotatable bonds is 6. The Morgan fingerprint density at radius 3 is 2.60 bits per heavy atom. The lowest BCUT2D eigenvalue weighted by molar-refractivity contribution is 0.209. The van der Waals surface area contributed by atoms with Crippen LogP contribution in [0.2, 0.25) is 0 Å². The highest BCUT2D eigenvalue weighted by Gasteiger charge is 1.97. The SMILES string of the molecule is CCCCCC(O)C=Cc1ccccc1. The molecule has 0 radical (unpaired) electrons. The fraction of sp³-hybridized carbons (Fsp3) is 0.429. The van der Waals surface area contributed by atoms with Crippen molar-refractivity contribution < 1.29 is 5.11 Å². The average Bonchev–Trinajstić information content (AvgIpc) is 2.28. The summed E-state index contributed by atoms with van der Waals surface area (Å²) in [6.07, 6.45) is 7.96. The molecule has 1 aromatic rings. The van der Waals surface area contributed by atoms with Crippen LogP contribution in [-0.2, 0) is 0 Å². The van der Waals surface area contributed by atoms with Crippen molar-refractivity contribution in [1.29, 1.82) is 0 Å². The summed E-state index contributed by atoms with van der Waals surface area (Å²) < 4.78 is 0. The maximum atomic E-state index is 9.65. The van der Waals surface area contributed by atoms with Crippen LogP contribution in [0.15, 0.2) is 36.4 Å². The third kappa shape index (κ3) is 5.38. The van der Waals surface area contributed by atoms with Crippen LogP contribution in [0.25, 0.3) is 6.08 Å². The predicted molar refractivity (Wildman–Crippen MR) is 65.6 cm³/mol. The third-order valence-electron chi connectivity index (χ3n) is 2.41. The van der Waals surface area contributed by atoms with E-state index in [4.69, 9.17) is 0 Å². The zero-order chi connectivity index (χ0) is 10.9. The van der Waals surface area contributed by atoms with Gasteiger partial charge in [0.05, 0.1) is 6.10 Å². The number of hydrogen-bond acceptors (Lipinski definition) is 1. The zero-order valence-electron chi connectivity index (χ0n) is 9.39. The Kier molecular flexibility index (Phi) is 5.79. The Labute approximate surface area is 92.5 Å². The van der Waals surface area contributed by atoms with Gasteiger partial charge in [-0.15, -0.1) is 0 Å². The second-order valence-corrected chi connectivity index (χ2v) is 3.83. The van der Waals surface area contributed by atoms with E-state index in [0.29, 0.717) is 0 Å². The van der Waals surface area contributed by atoms with E-state index in [0.717, 1.165) is 18.4 Å². The molecule has 1 rings (SSSR count). The lowest BCUT2D eigenvalue weighted by Gasteiger charge is -2.03. The Balaban J connectivity index is 2.31. The van der Waals surface area contributed by atoms with E-state index in [2.05, 4.69) is 6.92 Å². The molecule has 0 aliphatic rings. The van der Waals surface area contributed by atoms with Gasteiger partial charge in [-0.2, -0.15) is 0 Å². The van der Waals surface area contributed by atoms with Gasteiger partial charge in [0.1, 0.15) is 0 Å². The Morgan fingerprint density at radius 1 is 1.20 bits per heavy atom. The molecular formula is C14H20O. The molecule has 1 N–H and O–H groups in total. The van der Waals surface area contributed by atoms with Crippen LogP contribution < -0.4 is 0 Å². The van der Waals surface area contributed by atoms with Crippen LogP contribution in [0.5, 0.6) is 0 Å². The van der Waals surface area contributed by atoms with Crippen molar-refractivity contribution in [1.82, 2.24) is 0 Å². The molecule has 1 unspecified atom stereocenters. The molecule has 1 aromatic carbocycles. The van der Waals surface area contributed by atoms with Gasteiger partial charge in [0.2, 0.25) is 0 Å². The second kappa shape index (κ2) is 7.24. The maximum absolute atomic E-state index is 9.65. The molecule has 15 heavy (non-hydrogen) atoms. The molecular weight excluding hydrogens is 184 g/mol. The molecule has 0 aliphatic carbocycles. The largest absolute Gasteiger partial charge is 0.389 e. The van der Waals surface area contributed by atoms with E-state index in [-0.39, 0.29) is 6.10 Å². The second-order valence-electron chi connectivity index (χ2n) is 3.83. The first-order chi connectivity index (χ1) is 7.33. The van der Waals surface area contributed by atoms with Crippen molar-refractivity contribution in [2.24, 2.45) is 0 Å². The molecule has 0 fully saturated rings. The Morgan fingerprint density at radius 2 is 1.93 bits per heavy atom. The van der Waals surface area contributed by atoms with E-state index < -0.39 is 0 Å². The minimum absolute atomic E-state index is 0.295. The quantitative estimate of drug-likeness (QED) is 0.701. The first-order valence-electron chi connectivity index (χ1n) is 5.74. The summed E-state index contributed by atoms with van der Waals surface area (Å²) >= 11 is 0. The molecule has 1 atom stereocenters. The molecule has 1 heteroatoms. The maximum Gasteiger partial charge on any atom is 0.0724 e. The highest BCUT2D eigenvalue weighted by molar-refractivity contribution is 5.49. The van der Waals surface area contributed by atoms with Gasteiger partial charge in [-0.3, -0.25) is 0 Å². The van der Waals surface area contributed by atoms with E-state index in [9.17, 15) is 5.11 Å². The summed E-state index contributed by atoms with van der Waals surface area (Å²) in [6.45, 7) is 2.17. The zero-order valence-corrected chi connectivity index (χ0v) is 9.39. The molecule has 0 amide bonds. The minimum Gasteiger partial charge on any atom is -0.389 e. The number of benzene rings is 1.